The van der Waals surface area contributed by atoms with Crippen LogP contribution >= 0.6 is 0 Å². The molecule has 4 aromatic rings. The van der Waals surface area contributed by atoms with Crippen LogP contribution in [0.25, 0.3) is 0 Å². The van der Waals surface area contributed by atoms with Gasteiger partial charge >= 0.3 is 0 Å². The molecule has 7 rings (SSSR count). The number of aromatic nitrogens is 2. The molecule has 3 aromatic carbocycles. The summed E-state index contributed by atoms with van der Waals surface area (Å²) in [5, 5.41) is 10.6. The fourth-order valence-corrected chi connectivity index (χ4v) is 7.72. The van der Waals surface area contributed by atoms with E-state index < -0.39 is 17.7 Å². The minimum absolute atomic E-state index is 0.0970. The van der Waals surface area contributed by atoms with Crippen LogP contribution in [-0.4, -0.2) is 41.6 Å². The first kappa shape index (κ1) is 30.7. The monoisotopic (exact) mass is 641 g/mol. The van der Waals surface area contributed by atoms with Gasteiger partial charge in [-0.15, -0.1) is 10.2 Å². The fourth-order valence-electron chi connectivity index (χ4n) is 7.72. The van der Waals surface area contributed by atoms with Crippen LogP contribution in [0, 0.1) is 17.5 Å². The summed E-state index contributed by atoms with van der Waals surface area (Å²) in [5.41, 5.74) is 5.33. The van der Waals surface area contributed by atoms with Crippen LogP contribution < -0.4 is 15.1 Å². The minimum Gasteiger partial charge on any atom is -0.426 e. The molecular weight excluding hydrogens is 607 g/mol. The summed E-state index contributed by atoms with van der Waals surface area (Å²) < 4.78 is 47.5. The van der Waals surface area contributed by atoms with Crippen LogP contribution in [-0.2, 0) is 27.8 Å². The third-order valence-corrected chi connectivity index (χ3v) is 10.0. The lowest BCUT2D eigenvalue weighted by Gasteiger charge is -2.41. The van der Waals surface area contributed by atoms with Crippen molar-refractivity contribution in [3.8, 4) is 0 Å². The Labute approximate surface area is 270 Å². The predicted molar refractivity (Wildman–Crippen MR) is 169 cm³/mol. The van der Waals surface area contributed by atoms with Gasteiger partial charge in [0.25, 0.3) is 0 Å². The van der Waals surface area contributed by atoms with Crippen molar-refractivity contribution in [2.45, 2.75) is 55.9 Å². The molecule has 2 atom stereocenters. The standard InChI is InChI=1S/C36H34F3N5O3/c1-2-34(46)44-12-9-23-17-26(5-8-32(23)44)43-13-10-36(11-14-43)20-24(27-6-4-25(37)19-28(27)36)18-33(45)41-31(35-42-40-21-47-35)16-22-3-7-29(38)30(39)15-22/h2-8,15,17,19,21,24,31H,1,9-14,16,18,20H2,(H,41,45)/t24-,31-/m1/s1. The predicted octanol–water partition coefficient (Wildman–Crippen LogP) is 6.08. The molecule has 1 fully saturated rings. The van der Waals surface area contributed by atoms with E-state index in [1.807, 2.05) is 6.07 Å². The van der Waals surface area contributed by atoms with Crippen LogP contribution in [0.15, 0.2) is 78.1 Å². The number of carbonyl (C=O) groups is 2. The summed E-state index contributed by atoms with van der Waals surface area (Å²) in [5.74, 6) is -2.55. The molecule has 242 valence electrons. The van der Waals surface area contributed by atoms with Crippen molar-refractivity contribution in [3.05, 3.63) is 119 Å². The summed E-state index contributed by atoms with van der Waals surface area (Å²) in [7, 11) is 0. The van der Waals surface area contributed by atoms with E-state index in [9.17, 15) is 22.8 Å². The van der Waals surface area contributed by atoms with Crippen LogP contribution in [0.5, 0.6) is 0 Å². The summed E-state index contributed by atoms with van der Waals surface area (Å²) in [6.07, 6.45) is 5.91. The Morgan fingerprint density at radius 1 is 1.04 bits per heavy atom. The number of halogens is 3. The topological polar surface area (TPSA) is 91.6 Å². The van der Waals surface area contributed by atoms with Gasteiger partial charge in [0.05, 0.1) is 0 Å². The molecule has 1 spiro atoms. The highest BCUT2D eigenvalue weighted by Gasteiger charge is 2.46. The summed E-state index contributed by atoms with van der Waals surface area (Å²) in [6.45, 7) is 5.81. The van der Waals surface area contributed by atoms with E-state index in [1.165, 1.54) is 18.2 Å². The van der Waals surface area contributed by atoms with Gasteiger partial charge in [0, 0.05) is 43.9 Å². The van der Waals surface area contributed by atoms with Gasteiger partial charge in [0.15, 0.2) is 11.6 Å². The second-order valence-electron chi connectivity index (χ2n) is 12.7. The smallest absolute Gasteiger partial charge is 0.250 e. The van der Waals surface area contributed by atoms with Crippen molar-refractivity contribution in [2.75, 3.05) is 29.4 Å². The van der Waals surface area contributed by atoms with Crippen LogP contribution in [0.1, 0.15) is 65.8 Å². The second kappa shape index (κ2) is 12.4. The molecule has 2 amide bonds. The Morgan fingerprint density at radius 3 is 2.62 bits per heavy atom. The van der Waals surface area contributed by atoms with Crippen molar-refractivity contribution in [1.29, 1.82) is 0 Å². The molecule has 0 radical (unpaired) electrons. The van der Waals surface area contributed by atoms with Crippen molar-refractivity contribution in [3.63, 3.8) is 0 Å². The number of nitrogens with zero attached hydrogens (tertiary/aromatic N) is 4. The molecule has 8 nitrogen and oxygen atoms in total. The number of anilines is 2. The quantitative estimate of drug-likeness (QED) is 0.235. The van der Waals surface area contributed by atoms with Gasteiger partial charge in [-0.2, -0.15) is 0 Å². The average Bonchev–Trinajstić information content (AvgIpc) is 3.82. The molecule has 1 N–H and O–H groups in total. The highest BCUT2D eigenvalue weighted by molar-refractivity contribution is 6.02. The number of piperidine rings is 1. The molecule has 0 unspecified atom stereocenters. The average molecular weight is 642 g/mol. The van der Waals surface area contributed by atoms with E-state index in [0.717, 1.165) is 78.9 Å². The maximum atomic E-state index is 14.7. The van der Waals surface area contributed by atoms with E-state index in [2.05, 4.69) is 39.1 Å². The number of amides is 2. The minimum atomic E-state index is -0.980. The van der Waals surface area contributed by atoms with Gasteiger partial charge in [0.2, 0.25) is 24.1 Å². The van der Waals surface area contributed by atoms with E-state index in [4.69, 9.17) is 4.42 Å². The zero-order valence-electron chi connectivity index (χ0n) is 25.7. The number of carbonyl (C=O) groups excluding carboxylic acids is 2. The lowest BCUT2D eigenvalue weighted by atomic mass is 9.73. The maximum Gasteiger partial charge on any atom is 0.250 e. The van der Waals surface area contributed by atoms with Crippen molar-refractivity contribution >= 4 is 23.2 Å². The van der Waals surface area contributed by atoms with Crippen molar-refractivity contribution in [2.24, 2.45) is 0 Å². The molecule has 11 heteroatoms. The van der Waals surface area contributed by atoms with Crippen molar-refractivity contribution < 1.29 is 27.2 Å². The molecule has 2 aliphatic heterocycles. The number of benzene rings is 3. The zero-order valence-corrected chi connectivity index (χ0v) is 25.7. The van der Waals surface area contributed by atoms with Crippen molar-refractivity contribution in [1.82, 2.24) is 15.5 Å². The molecule has 3 aliphatic rings. The molecule has 47 heavy (non-hydrogen) atoms. The fraction of sp³-hybridized carbons (Fsp3) is 0.333. The van der Waals surface area contributed by atoms with E-state index in [1.54, 1.807) is 17.0 Å². The lowest BCUT2D eigenvalue weighted by Crippen LogP contribution is -2.42. The Kier molecular flexibility index (Phi) is 8.07. The Balaban J connectivity index is 1.05. The van der Waals surface area contributed by atoms with E-state index in [0.29, 0.717) is 18.5 Å². The first-order valence-electron chi connectivity index (χ1n) is 15.8. The highest BCUT2D eigenvalue weighted by atomic mass is 19.2. The van der Waals surface area contributed by atoms with E-state index in [-0.39, 0.29) is 47.7 Å². The van der Waals surface area contributed by atoms with Gasteiger partial charge in [-0.25, -0.2) is 13.2 Å². The Hall–Kier alpha value is -4.93. The first-order valence-corrected chi connectivity index (χ1v) is 15.8. The van der Waals surface area contributed by atoms with Crippen LogP contribution in [0.2, 0.25) is 0 Å². The molecular formula is C36H34F3N5O3. The SMILES string of the molecule is C=CC(=O)N1CCc2cc(N3CCC4(CC3)C[C@@H](CC(=O)N[C@H](Cc3ccc(F)c(F)c3)c3nnco3)c3ccc(F)cc34)ccc21. The molecule has 3 heterocycles. The van der Waals surface area contributed by atoms with Crippen LogP contribution in [0.4, 0.5) is 24.5 Å². The number of fused-ring (bicyclic) bond motifs is 3. The summed E-state index contributed by atoms with van der Waals surface area (Å²) in [4.78, 5) is 29.9. The largest absolute Gasteiger partial charge is 0.426 e. The van der Waals surface area contributed by atoms with Gasteiger partial charge in [-0.1, -0.05) is 18.7 Å². The highest BCUT2D eigenvalue weighted by Crippen LogP contribution is 2.53. The van der Waals surface area contributed by atoms with Gasteiger partial charge in [-0.05, 0) is 108 Å². The number of hydrogen-bond acceptors (Lipinski definition) is 6. The molecule has 1 aromatic heterocycles. The first-order chi connectivity index (χ1) is 22.7. The number of rotatable bonds is 8. The Morgan fingerprint density at radius 2 is 1.87 bits per heavy atom. The molecule has 0 bridgehead atoms. The summed E-state index contributed by atoms with van der Waals surface area (Å²) >= 11 is 0. The van der Waals surface area contributed by atoms with Gasteiger partial charge in [0.1, 0.15) is 11.9 Å². The maximum absolute atomic E-state index is 14.7. The van der Waals surface area contributed by atoms with Gasteiger partial charge < -0.3 is 19.5 Å². The molecule has 0 saturated carbocycles. The molecule has 1 saturated heterocycles. The third-order valence-electron chi connectivity index (χ3n) is 10.0. The molecule has 1 aliphatic carbocycles. The third kappa shape index (κ3) is 5.90. The van der Waals surface area contributed by atoms with Crippen LogP contribution in [0.3, 0.4) is 0 Å². The van der Waals surface area contributed by atoms with E-state index >= 15 is 0 Å². The number of hydrogen-bond donors (Lipinski definition) is 1. The zero-order chi connectivity index (χ0) is 32.7. The number of nitrogens with one attached hydrogen (secondary N) is 1. The second-order valence-corrected chi connectivity index (χ2v) is 12.7. The Bertz CT molecular complexity index is 1840. The normalized spacial score (nSPS) is 18.6. The summed E-state index contributed by atoms with van der Waals surface area (Å²) in [6, 6.07) is 14.0. The lowest BCUT2D eigenvalue weighted by molar-refractivity contribution is -0.122. The van der Waals surface area contributed by atoms with Gasteiger partial charge in [-0.3, -0.25) is 9.59 Å².